The average Bonchev–Trinajstić information content (AvgIpc) is 2.48. The zero-order valence-corrected chi connectivity index (χ0v) is 14.3. The van der Waals surface area contributed by atoms with Crippen molar-refractivity contribution in [2.45, 2.75) is 18.8 Å². The van der Waals surface area contributed by atoms with Gasteiger partial charge in [-0.2, -0.15) is 0 Å². The minimum Gasteiger partial charge on any atom is -0.348 e. The van der Waals surface area contributed by atoms with E-state index in [1.165, 1.54) is 5.56 Å². The van der Waals surface area contributed by atoms with Crippen LogP contribution in [-0.4, -0.2) is 5.91 Å². The Morgan fingerprint density at radius 2 is 1.75 bits per heavy atom. The van der Waals surface area contributed by atoms with E-state index in [2.05, 4.69) is 49.3 Å². The fraction of sp³-hybridized carbons (Fsp3) is 0.188. The number of nitrogens with one attached hydrogen (secondary N) is 1. The maximum Gasteiger partial charge on any atom is 0.251 e. The van der Waals surface area contributed by atoms with E-state index in [0.29, 0.717) is 12.1 Å². The third-order valence-corrected chi connectivity index (χ3v) is 4.59. The maximum absolute atomic E-state index is 12.1. The van der Waals surface area contributed by atoms with E-state index in [1.807, 2.05) is 37.3 Å². The molecule has 0 aliphatic heterocycles. The number of alkyl halides is 1. The van der Waals surface area contributed by atoms with Crippen molar-refractivity contribution < 1.29 is 4.79 Å². The number of carbonyl (C=O) groups is 1. The first-order valence-corrected chi connectivity index (χ1v) is 8.19. The normalized spacial score (nSPS) is 10.3. The molecular weight excluding hydrogens is 382 g/mol. The summed E-state index contributed by atoms with van der Waals surface area (Å²) in [7, 11) is 0. The van der Waals surface area contributed by atoms with Crippen molar-refractivity contribution in [2.24, 2.45) is 0 Å². The fourth-order valence-corrected chi connectivity index (χ4v) is 2.44. The number of halogens is 2. The van der Waals surface area contributed by atoms with Gasteiger partial charge in [-0.25, -0.2) is 0 Å². The molecule has 0 atom stereocenters. The largest absolute Gasteiger partial charge is 0.348 e. The van der Waals surface area contributed by atoms with Crippen LogP contribution in [0.3, 0.4) is 0 Å². The molecule has 0 fully saturated rings. The Hall–Kier alpha value is -1.13. The number of carbonyl (C=O) groups excluding carboxylic acids is 1. The van der Waals surface area contributed by atoms with Gasteiger partial charge in [0, 0.05) is 21.9 Å². The van der Waals surface area contributed by atoms with Crippen molar-refractivity contribution in [2.75, 3.05) is 0 Å². The Balaban J connectivity index is 1.98. The van der Waals surface area contributed by atoms with Gasteiger partial charge in [-0.05, 0) is 41.8 Å². The minimum absolute atomic E-state index is 0.0508. The summed E-state index contributed by atoms with van der Waals surface area (Å²) in [4.78, 5) is 12.1. The molecule has 0 saturated heterocycles. The van der Waals surface area contributed by atoms with Gasteiger partial charge >= 0.3 is 0 Å². The monoisotopic (exact) mass is 395 g/mol. The van der Waals surface area contributed by atoms with Crippen molar-refractivity contribution in [1.29, 1.82) is 0 Å². The number of rotatable bonds is 4. The molecular formula is C16H15Br2NO. The van der Waals surface area contributed by atoms with Crippen molar-refractivity contribution >= 4 is 37.8 Å². The Bertz CT molecular complexity index is 608. The van der Waals surface area contributed by atoms with Gasteiger partial charge in [-0.1, -0.05) is 56.1 Å². The molecule has 0 spiro atoms. The van der Waals surface area contributed by atoms with E-state index < -0.39 is 0 Å². The summed E-state index contributed by atoms with van der Waals surface area (Å²) in [5, 5.41) is 3.78. The third kappa shape index (κ3) is 3.93. The summed E-state index contributed by atoms with van der Waals surface area (Å²) >= 11 is 6.85. The first kappa shape index (κ1) is 15.3. The molecule has 104 valence electrons. The quantitative estimate of drug-likeness (QED) is 0.752. The SMILES string of the molecule is Cc1cc(C(=O)NCc2ccc(CBr)cc2)ccc1Br. The van der Waals surface area contributed by atoms with Gasteiger partial charge < -0.3 is 5.32 Å². The number of benzene rings is 2. The predicted molar refractivity (Wildman–Crippen MR) is 89.1 cm³/mol. The van der Waals surface area contributed by atoms with Gasteiger partial charge in [-0.15, -0.1) is 0 Å². The lowest BCUT2D eigenvalue weighted by atomic mass is 10.1. The molecule has 2 aromatic rings. The summed E-state index contributed by atoms with van der Waals surface area (Å²) < 4.78 is 1.01. The van der Waals surface area contributed by atoms with Gasteiger partial charge in [0.1, 0.15) is 0 Å². The van der Waals surface area contributed by atoms with Gasteiger partial charge in [-0.3, -0.25) is 4.79 Å². The fourth-order valence-electron chi connectivity index (χ4n) is 1.82. The molecule has 20 heavy (non-hydrogen) atoms. The minimum atomic E-state index is -0.0508. The maximum atomic E-state index is 12.1. The predicted octanol–water partition coefficient (Wildman–Crippen LogP) is 4.58. The Kier molecular flexibility index (Phi) is 5.38. The van der Waals surface area contributed by atoms with Crippen LogP contribution in [0.15, 0.2) is 46.9 Å². The summed E-state index contributed by atoms with van der Waals surface area (Å²) in [5.41, 5.74) is 4.06. The second-order valence-electron chi connectivity index (χ2n) is 4.60. The topological polar surface area (TPSA) is 29.1 Å². The van der Waals surface area contributed by atoms with Crippen LogP contribution in [0.25, 0.3) is 0 Å². The molecule has 0 aliphatic rings. The van der Waals surface area contributed by atoms with E-state index in [1.54, 1.807) is 0 Å². The molecule has 0 aliphatic carbocycles. The highest BCUT2D eigenvalue weighted by atomic mass is 79.9. The van der Waals surface area contributed by atoms with E-state index in [0.717, 1.165) is 20.9 Å². The first-order chi connectivity index (χ1) is 9.60. The Morgan fingerprint density at radius 1 is 1.10 bits per heavy atom. The summed E-state index contributed by atoms with van der Waals surface area (Å²) in [6.07, 6.45) is 0. The van der Waals surface area contributed by atoms with Crippen molar-refractivity contribution in [1.82, 2.24) is 5.32 Å². The highest BCUT2D eigenvalue weighted by Gasteiger charge is 2.06. The molecule has 1 amide bonds. The molecule has 0 aromatic heterocycles. The number of amides is 1. The van der Waals surface area contributed by atoms with Crippen LogP contribution in [0.4, 0.5) is 0 Å². The number of aryl methyl sites for hydroxylation is 1. The van der Waals surface area contributed by atoms with E-state index in [9.17, 15) is 4.79 Å². The molecule has 2 rings (SSSR count). The summed E-state index contributed by atoms with van der Waals surface area (Å²) in [6, 6.07) is 13.8. The zero-order chi connectivity index (χ0) is 14.5. The van der Waals surface area contributed by atoms with Gasteiger partial charge in [0.15, 0.2) is 0 Å². The van der Waals surface area contributed by atoms with Crippen LogP contribution in [0.1, 0.15) is 27.0 Å². The van der Waals surface area contributed by atoms with Crippen LogP contribution in [0.2, 0.25) is 0 Å². The van der Waals surface area contributed by atoms with Crippen molar-refractivity contribution in [3.63, 3.8) is 0 Å². The Labute approximate surface area is 135 Å². The smallest absolute Gasteiger partial charge is 0.251 e. The summed E-state index contributed by atoms with van der Waals surface area (Å²) in [5.74, 6) is -0.0508. The third-order valence-electron chi connectivity index (χ3n) is 3.05. The molecule has 0 unspecified atom stereocenters. The lowest BCUT2D eigenvalue weighted by molar-refractivity contribution is 0.0951. The van der Waals surface area contributed by atoms with Gasteiger partial charge in [0.25, 0.3) is 5.91 Å². The summed E-state index contributed by atoms with van der Waals surface area (Å²) in [6.45, 7) is 2.51. The lowest BCUT2D eigenvalue weighted by Crippen LogP contribution is -2.22. The standard InChI is InChI=1S/C16H15Br2NO/c1-11-8-14(6-7-15(11)18)16(20)19-10-13-4-2-12(9-17)3-5-13/h2-8H,9-10H2,1H3,(H,19,20). The van der Waals surface area contributed by atoms with Gasteiger partial charge in [0.05, 0.1) is 0 Å². The molecule has 4 heteroatoms. The first-order valence-electron chi connectivity index (χ1n) is 6.28. The van der Waals surface area contributed by atoms with Crippen molar-refractivity contribution in [3.05, 3.63) is 69.2 Å². The molecule has 1 N–H and O–H groups in total. The van der Waals surface area contributed by atoms with Crippen LogP contribution in [0.5, 0.6) is 0 Å². The van der Waals surface area contributed by atoms with Gasteiger partial charge in [0.2, 0.25) is 0 Å². The van der Waals surface area contributed by atoms with Crippen LogP contribution in [0, 0.1) is 6.92 Å². The molecule has 0 radical (unpaired) electrons. The van der Waals surface area contributed by atoms with Crippen LogP contribution < -0.4 is 5.32 Å². The lowest BCUT2D eigenvalue weighted by Gasteiger charge is -2.07. The van der Waals surface area contributed by atoms with E-state index in [4.69, 9.17) is 0 Å². The zero-order valence-electron chi connectivity index (χ0n) is 11.1. The second kappa shape index (κ2) is 7.04. The number of hydrogen-bond acceptors (Lipinski definition) is 1. The van der Waals surface area contributed by atoms with Crippen LogP contribution >= 0.6 is 31.9 Å². The van der Waals surface area contributed by atoms with Crippen LogP contribution in [-0.2, 0) is 11.9 Å². The molecule has 0 bridgehead atoms. The Morgan fingerprint density at radius 3 is 2.35 bits per heavy atom. The highest BCUT2D eigenvalue weighted by molar-refractivity contribution is 9.10. The number of hydrogen-bond donors (Lipinski definition) is 1. The molecule has 2 aromatic carbocycles. The van der Waals surface area contributed by atoms with E-state index in [-0.39, 0.29) is 5.91 Å². The average molecular weight is 397 g/mol. The molecule has 2 nitrogen and oxygen atoms in total. The van der Waals surface area contributed by atoms with Crippen molar-refractivity contribution in [3.8, 4) is 0 Å². The molecule has 0 saturated carbocycles. The highest BCUT2D eigenvalue weighted by Crippen LogP contribution is 2.17. The molecule has 0 heterocycles. The van der Waals surface area contributed by atoms with E-state index >= 15 is 0 Å². The second-order valence-corrected chi connectivity index (χ2v) is 6.01.